The van der Waals surface area contributed by atoms with Gasteiger partial charge in [0.1, 0.15) is 17.2 Å². The topological polar surface area (TPSA) is 64.0 Å². The lowest BCUT2D eigenvalue weighted by molar-refractivity contribution is -0.137. The van der Waals surface area contributed by atoms with Crippen molar-refractivity contribution in [2.75, 3.05) is 5.32 Å². The molecule has 0 saturated carbocycles. The van der Waals surface area contributed by atoms with Crippen molar-refractivity contribution >= 4 is 44.7 Å². The third-order valence-corrected chi connectivity index (χ3v) is 6.65. The van der Waals surface area contributed by atoms with Gasteiger partial charge in [-0.2, -0.15) is 13.2 Å². The highest BCUT2D eigenvalue weighted by Gasteiger charge is 2.31. The number of thiophene rings is 1. The van der Waals surface area contributed by atoms with Gasteiger partial charge in [-0.25, -0.2) is 4.98 Å². The van der Waals surface area contributed by atoms with Crippen LogP contribution in [0.3, 0.4) is 0 Å². The number of benzene rings is 1. The van der Waals surface area contributed by atoms with Crippen LogP contribution in [0.25, 0.3) is 10.2 Å². The lowest BCUT2D eigenvalue weighted by Crippen LogP contribution is -2.30. The molecule has 1 amide bonds. The van der Waals surface area contributed by atoms with Crippen molar-refractivity contribution in [2.24, 2.45) is 0 Å². The first kappa shape index (κ1) is 20.9. The second kappa shape index (κ2) is 7.70. The van der Waals surface area contributed by atoms with Gasteiger partial charge in [-0.3, -0.25) is 14.2 Å². The van der Waals surface area contributed by atoms with Crippen LogP contribution in [-0.2, 0) is 30.4 Å². The highest BCUT2D eigenvalue weighted by Crippen LogP contribution is 2.35. The SMILES string of the molecule is Cc1nc2sc3c(c2c(=O)n1CC(=O)Nc1cc(C(F)(F)F)ccc1Cl)CCCC3. The fraction of sp³-hybridized carbons (Fsp3) is 0.350. The van der Waals surface area contributed by atoms with Gasteiger partial charge in [-0.15, -0.1) is 11.3 Å². The zero-order valence-corrected chi connectivity index (χ0v) is 17.5. The molecule has 0 saturated heterocycles. The minimum atomic E-state index is -4.56. The summed E-state index contributed by atoms with van der Waals surface area (Å²) in [6.07, 6.45) is -0.761. The van der Waals surface area contributed by atoms with Crippen LogP contribution in [0, 0.1) is 6.92 Å². The Morgan fingerprint density at radius 1 is 1.30 bits per heavy atom. The van der Waals surface area contributed by atoms with Crippen molar-refractivity contribution in [3.8, 4) is 0 Å². The molecular formula is C20H17ClF3N3O2S. The summed E-state index contributed by atoms with van der Waals surface area (Å²) in [6, 6.07) is 2.68. The van der Waals surface area contributed by atoms with Crippen LogP contribution >= 0.6 is 22.9 Å². The van der Waals surface area contributed by atoms with Crippen molar-refractivity contribution in [1.29, 1.82) is 0 Å². The number of aryl methyl sites for hydroxylation is 3. The van der Waals surface area contributed by atoms with Crippen LogP contribution in [0.2, 0.25) is 5.02 Å². The maximum absolute atomic E-state index is 13.1. The minimum absolute atomic E-state index is 0.0269. The van der Waals surface area contributed by atoms with E-state index >= 15 is 0 Å². The van der Waals surface area contributed by atoms with E-state index in [4.69, 9.17) is 11.6 Å². The second-order valence-corrected chi connectivity index (χ2v) is 8.67. The van der Waals surface area contributed by atoms with E-state index in [0.717, 1.165) is 54.3 Å². The molecule has 0 aliphatic heterocycles. The van der Waals surface area contributed by atoms with E-state index in [-0.39, 0.29) is 22.8 Å². The minimum Gasteiger partial charge on any atom is -0.323 e. The quantitative estimate of drug-likeness (QED) is 0.607. The Labute approximate surface area is 178 Å². The van der Waals surface area contributed by atoms with E-state index in [1.165, 1.54) is 15.9 Å². The Hall–Kier alpha value is -2.39. The fourth-order valence-electron chi connectivity index (χ4n) is 3.66. The Morgan fingerprint density at radius 3 is 2.77 bits per heavy atom. The van der Waals surface area contributed by atoms with Gasteiger partial charge in [0, 0.05) is 4.88 Å². The van der Waals surface area contributed by atoms with Crippen molar-refractivity contribution in [2.45, 2.75) is 45.3 Å². The van der Waals surface area contributed by atoms with Crippen LogP contribution in [0.15, 0.2) is 23.0 Å². The van der Waals surface area contributed by atoms with E-state index in [9.17, 15) is 22.8 Å². The molecule has 0 radical (unpaired) electrons. The number of anilines is 1. The van der Waals surface area contributed by atoms with E-state index < -0.39 is 17.6 Å². The predicted molar refractivity (Wildman–Crippen MR) is 110 cm³/mol. The van der Waals surface area contributed by atoms with Crippen molar-refractivity contribution in [3.05, 3.63) is 55.4 Å². The first-order valence-corrected chi connectivity index (χ1v) is 10.5. The Morgan fingerprint density at radius 2 is 2.03 bits per heavy atom. The molecule has 10 heteroatoms. The van der Waals surface area contributed by atoms with Crippen molar-refractivity contribution in [1.82, 2.24) is 9.55 Å². The molecule has 5 nitrogen and oxygen atoms in total. The summed E-state index contributed by atoms with van der Waals surface area (Å²) >= 11 is 7.45. The average Bonchev–Trinajstić information content (AvgIpc) is 3.04. The first-order valence-electron chi connectivity index (χ1n) is 9.33. The van der Waals surface area contributed by atoms with Gasteiger partial charge in [0.25, 0.3) is 5.56 Å². The third-order valence-electron chi connectivity index (χ3n) is 5.14. The molecule has 2 aromatic heterocycles. The number of alkyl halides is 3. The van der Waals surface area contributed by atoms with E-state index in [1.807, 2.05) is 0 Å². The van der Waals surface area contributed by atoms with Crippen LogP contribution in [0.4, 0.5) is 18.9 Å². The highest BCUT2D eigenvalue weighted by molar-refractivity contribution is 7.18. The molecule has 2 heterocycles. The molecule has 0 bridgehead atoms. The largest absolute Gasteiger partial charge is 0.416 e. The Kier molecular flexibility index (Phi) is 5.36. The lowest BCUT2D eigenvalue weighted by atomic mass is 9.97. The number of nitrogens with zero attached hydrogens (tertiary/aromatic N) is 2. The molecule has 0 unspecified atom stereocenters. The maximum Gasteiger partial charge on any atom is 0.416 e. The molecule has 30 heavy (non-hydrogen) atoms. The number of carbonyl (C=O) groups is 1. The highest BCUT2D eigenvalue weighted by atomic mass is 35.5. The summed E-state index contributed by atoms with van der Waals surface area (Å²) in [5.74, 6) is -0.289. The molecular weight excluding hydrogens is 439 g/mol. The number of hydrogen-bond acceptors (Lipinski definition) is 4. The summed E-state index contributed by atoms with van der Waals surface area (Å²) in [4.78, 5) is 31.9. The lowest BCUT2D eigenvalue weighted by Gasteiger charge is -2.14. The first-order chi connectivity index (χ1) is 14.1. The third kappa shape index (κ3) is 3.83. The van der Waals surface area contributed by atoms with Gasteiger partial charge in [0.15, 0.2) is 0 Å². The van der Waals surface area contributed by atoms with Crippen LogP contribution in [0.5, 0.6) is 0 Å². The van der Waals surface area contributed by atoms with E-state index in [1.54, 1.807) is 6.92 Å². The molecule has 4 rings (SSSR count). The molecule has 1 aliphatic rings. The van der Waals surface area contributed by atoms with Gasteiger partial charge in [-0.1, -0.05) is 11.6 Å². The summed E-state index contributed by atoms with van der Waals surface area (Å²) in [5.41, 5.74) is -0.385. The van der Waals surface area contributed by atoms with Gasteiger partial charge in [-0.05, 0) is 56.4 Å². The summed E-state index contributed by atoms with van der Waals surface area (Å²) in [6.45, 7) is 1.26. The monoisotopic (exact) mass is 455 g/mol. The van der Waals surface area contributed by atoms with Crippen molar-refractivity contribution in [3.63, 3.8) is 0 Å². The van der Waals surface area contributed by atoms with Crippen LogP contribution in [-0.4, -0.2) is 15.5 Å². The van der Waals surface area contributed by atoms with E-state index in [0.29, 0.717) is 16.0 Å². The Bertz CT molecular complexity index is 1220. The van der Waals surface area contributed by atoms with Gasteiger partial charge in [0.05, 0.1) is 21.7 Å². The smallest absolute Gasteiger partial charge is 0.323 e. The number of halogens is 4. The summed E-state index contributed by atoms with van der Waals surface area (Å²) in [7, 11) is 0. The fourth-order valence-corrected chi connectivity index (χ4v) is 5.12. The molecule has 0 fully saturated rings. The van der Waals surface area contributed by atoms with Gasteiger partial charge < -0.3 is 5.32 Å². The van der Waals surface area contributed by atoms with Crippen LogP contribution < -0.4 is 10.9 Å². The van der Waals surface area contributed by atoms with Crippen LogP contribution in [0.1, 0.15) is 34.7 Å². The zero-order chi connectivity index (χ0) is 21.6. The molecule has 0 spiro atoms. The van der Waals surface area contributed by atoms with Gasteiger partial charge >= 0.3 is 6.18 Å². The Balaban J connectivity index is 1.65. The number of aromatic nitrogens is 2. The standard InChI is InChI=1S/C20H17ClF3N3O2S/c1-10-25-18-17(12-4-2-3-5-15(12)30-18)19(29)27(10)9-16(28)26-14-8-11(20(22,23)24)6-7-13(14)21/h6-8H,2-5,9H2,1H3,(H,26,28). The number of nitrogens with one attached hydrogen (secondary N) is 1. The van der Waals surface area contributed by atoms with Gasteiger partial charge in [0.2, 0.25) is 5.91 Å². The van der Waals surface area contributed by atoms with Crippen molar-refractivity contribution < 1.29 is 18.0 Å². The number of rotatable bonds is 3. The zero-order valence-electron chi connectivity index (χ0n) is 15.9. The average molecular weight is 456 g/mol. The number of amides is 1. The summed E-state index contributed by atoms with van der Waals surface area (Å²) in [5, 5.41) is 2.89. The number of hydrogen-bond donors (Lipinski definition) is 1. The second-order valence-electron chi connectivity index (χ2n) is 7.18. The molecule has 1 aliphatic carbocycles. The molecule has 0 atom stereocenters. The number of fused-ring (bicyclic) bond motifs is 3. The molecule has 1 aromatic carbocycles. The molecule has 158 valence electrons. The predicted octanol–water partition coefficient (Wildman–Crippen LogP) is 4.96. The maximum atomic E-state index is 13.1. The molecule has 3 aromatic rings. The number of carbonyl (C=O) groups excluding carboxylic acids is 1. The molecule has 1 N–H and O–H groups in total. The summed E-state index contributed by atoms with van der Waals surface area (Å²) < 4.78 is 40.1. The normalized spacial score (nSPS) is 14.0. The van der Waals surface area contributed by atoms with E-state index in [2.05, 4.69) is 10.3 Å².